The van der Waals surface area contributed by atoms with Gasteiger partial charge in [0.2, 0.25) is 0 Å². The number of thiocarbonyl (C=S) groups is 2. The summed E-state index contributed by atoms with van der Waals surface area (Å²) in [6.07, 6.45) is 2.62. The third kappa shape index (κ3) is 4.88. The van der Waals surface area contributed by atoms with E-state index in [4.69, 9.17) is 38.3 Å². The van der Waals surface area contributed by atoms with Crippen LogP contribution >= 0.6 is 24.4 Å². The maximum atomic E-state index is 12.2. The Morgan fingerprint density at radius 3 is 2.71 bits per heavy atom. The van der Waals surface area contributed by atoms with Gasteiger partial charge in [0.1, 0.15) is 16.9 Å². The minimum atomic E-state index is -0.398. The standard InChI is InChI=1S/C20H23N5O4S2/c1-27-19(31)22-12-15-13-25(20(26)29-15)14-4-5-17(21-11-14)23-6-8-24(9-7-23)18(30)16-3-2-10-28-16/h2-5,10-11,15H,6-9,12-13H2,1H3,(H,22,31)/t15-/m0/s1. The number of pyridine rings is 1. The molecule has 1 amide bonds. The van der Waals surface area contributed by atoms with Crippen LogP contribution in [0.4, 0.5) is 16.3 Å². The molecular weight excluding hydrogens is 438 g/mol. The number of ether oxygens (including phenoxy) is 2. The number of hydrogen-bond acceptors (Lipinski definition) is 8. The van der Waals surface area contributed by atoms with Crippen LogP contribution in [0.5, 0.6) is 0 Å². The fraction of sp³-hybridized carbons (Fsp3) is 0.400. The third-order valence-electron chi connectivity index (χ3n) is 5.20. The zero-order chi connectivity index (χ0) is 21.8. The monoisotopic (exact) mass is 461 g/mol. The lowest BCUT2D eigenvalue weighted by Gasteiger charge is -2.36. The second kappa shape index (κ2) is 9.48. The second-order valence-electron chi connectivity index (χ2n) is 7.12. The first kappa shape index (κ1) is 21.3. The number of amides is 1. The first-order valence-corrected chi connectivity index (χ1v) is 10.7. The summed E-state index contributed by atoms with van der Waals surface area (Å²) in [7, 11) is 1.49. The van der Waals surface area contributed by atoms with Crippen LogP contribution in [0.2, 0.25) is 0 Å². The van der Waals surface area contributed by atoms with Crippen molar-refractivity contribution in [3.63, 3.8) is 0 Å². The summed E-state index contributed by atoms with van der Waals surface area (Å²) in [5.41, 5.74) is 0.697. The molecule has 2 aliphatic rings. The van der Waals surface area contributed by atoms with Crippen LogP contribution < -0.4 is 15.1 Å². The van der Waals surface area contributed by atoms with Gasteiger partial charge in [-0.1, -0.05) is 12.2 Å². The van der Waals surface area contributed by atoms with E-state index in [2.05, 4.69) is 20.1 Å². The predicted molar refractivity (Wildman–Crippen MR) is 124 cm³/mol. The lowest BCUT2D eigenvalue weighted by Crippen LogP contribution is -2.48. The molecule has 4 rings (SSSR count). The molecule has 164 valence electrons. The fourth-order valence-corrected chi connectivity index (χ4v) is 3.91. The Bertz CT molecular complexity index is 930. The number of nitrogens with zero attached hydrogens (tertiary/aromatic N) is 4. The highest BCUT2D eigenvalue weighted by Crippen LogP contribution is 2.23. The zero-order valence-corrected chi connectivity index (χ0v) is 18.7. The van der Waals surface area contributed by atoms with Crippen molar-refractivity contribution in [1.82, 2.24) is 15.2 Å². The number of hydrogen-bond donors (Lipinski definition) is 1. The van der Waals surface area contributed by atoms with Crippen molar-refractivity contribution in [3.8, 4) is 0 Å². The molecule has 2 aromatic rings. The summed E-state index contributed by atoms with van der Waals surface area (Å²) in [6.45, 7) is 3.99. The van der Waals surface area contributed by atoms with Crippen LogP contribution in [0.1, 0.15) is 5.76 Å². The maximum Gasteiger partial charge on any atom is 0.414 e. The topological polar surface area (TPSA) is 83.3 Å². The van der Waals surface area contributed by atoms with E-state index in [0.29, 0.717) is 18.8 Å². The lowest BCUT2D eigenvalue weighted by molar-refractivity contribution is 0.142. The number of carbonyl (C=O) groups excluding carboxylic acids is 1. The number of piperazine rings is 1. The number of rotatable bonds is 5. The average Bonchev–Trinajstić information content (AvgIpc) is 3.47. The molecule has 0 saturated carbocycles. The van der Waals surface area contributed by atoms with Crippen molar-refractivity contribution in [1.29, 1.82) is 0 Å². The summed E-state index contributed by atoms with van der Waals surface area (Å²) in [4.78, 5) is 23.4. The highest BCUT2D eigenvalue weighted by molar-refractivity contribution is 7.80. The SMILES string of the molecule is COC(=S)NC[C@H]1CN(c2ccc(N3CCN(C(=S)c4ccco4)CC3)nc2)C(=O)O1. The van der Waals surface area contributed by atoms with Crippen LogP contribution in [0.3, 0.4) is 0 Å². The molecule has 1 atom stereocenters. The second-order valence-corrected chi connectivity index (χ2v) is 7.88. The van der Waals surface area contributed by atoms with Crippen molar-refractivity contribution in [2.75, 3.05) is 56.2 Å². The van der Waals surface area contributed by atoms with Gasteiger partial charge in [0.15, 0.2) is 5.76 Å². The average molecular weight is 462 g/mol. The maximum absolute atomic E-state index is 12.2. The Balaban J connectivity index is 1.31. The molecule has 0 radical (unpaired) electrons. The summed E-state index contributed by atoms with van der Waals surface area (Å²) in [5, 5.41) is 3.17. The van der Waals surface area contributed by atoms with Crippen molar-refractivity contribution >= 4 is 52.2 Å². The van der Waals surface area contributed by atoms with Gasteiger partial charge in [0, 0.05) is 26.2 Å². The first-order chi connectivity index (χ1) is 15.0. The van der Waals surface area contributed by atoms with Gasteiger partial charge in [-0.05, 0) is 36.5 Å². The molecule has 0 spiro atoms. The minimum absolute atomic E-state index is 0.269. The number of carbonyl (C=O) groups is 1. The van der Waals surface area contributed by atoms with Gasteiger partial charge in [-0.25, -0.2) is 9.78 Å². The van der Waals surface area contributed by atoms with Crippen LogP contribution in [0, 0.1) is 0 Å². The molecular formula is C20H23N5O4S2. The van der Waals surface area contributed by atoms with E-state index in [1.165, 1.54) is 7.11 Å². The summed E-state index contributed by atoms with van der Waals surface area (Å²) < 4.78 is 15.7. The number of anilines is 2. The van der Waals surface area contributed by atoms with Gasteiger partial charge in [-0.2, -0.15) is 0 Å². The quantitative estimate of drug-likeness (QED) is 0.668. The predicted octanol–water partition coefficient (Wildman–Crippen LogP) is 2.02. The Kier molecular flexibility index (Phi) is 6.52. The highest BCUT2D eigenvalue weighted by atomic mass is 32.1. The normalized spacial score (nSPS) is 18.7. The van der Waals surface area contributed by atoms with E-state index in [0.717, 1.165) is 42.7 Å². The number of methoxy groups -OCH3 is 1. The third-order valence-corrected chi connectivity index (χ3v) is 5.97. The van der Waals surface area contributed by atoms with E-state index < -0.39 is 6.09 Å². The van der Waals surface area contributed by atoms with Crippen LogP contribution in [0.15, 0.2) is 41.1 Å². The van der Waals surface area contributed by atoms with Crippen LogP contribution in [0.25, 0.3) is 0 Å². The molecule has 0 aromatic carbocycles. The molecule has 4 heterocycles. The van der Waals surface area contributed by atoms with Gasteiger partial charge in [-0.15, -0.1) is 0 Å². The molecule has 0 unspecified atom stereocenters. The smallest absolute Gasteiger partial charge is 0.414 e. The van der Waals surface area contributed by atoms with Crippen molar-refractivity contribution in [3.05, 3.63) is 42.5 Å². The van der Waals surface area contributed by atoms with Crippen molar-refractivity contribution < 1.29 is 18.7 Å². The van der Waals surface area contributed by atoms with Gasteiger partial charge < -0.3 is 29.0 Å². The van der Waals surface area contributed by atoms with Gasteiger partial charge in [0.05, 0.1) is 38.3 Å². The Labute approximate surface area is 190 Å². The summed E-state index contributed by atoms with van der Waals surface area (Å²) in [5.74, 6) is 1.59. The van der Waals surface area contributed by atoms with Gasteiger partial charge >= 0.3 is 6.09 Å². The molecule has 2 saturated heterocycles. The zero-order valence-electron chi connectivity index (χ0n) is 17.0. The first-order valence-electron chi connectivity index (χ1n) is 9.89. The molecule has 1 N–H and O–H groups in total. The van der Waals surface area contributed by atoms with E-state index in [1.54, 1.807) is 17.4 Å². The molecule has 2 aliphatic heterocycles. The van der Waals surface area contributed by atoms with Gasteiger partial charge in [-0.3, -0.25) is 4.90 Å². The minimum Gasteiger partial charge on any atom is -0.474 e. The van der Waals surface area contributed by atoms with Gasteiger partial charge in [0.25, 0.3) is 5.17 Å². The van der Waals surface area contributed by atoms with Crippen LogP contribution in [-0.4, -0.2) is 78.6 Å². The van der Waals surface area contributed by atoms with E-state index in [1.807, 2.05) is 24.3 Å². The number of nitrogens with one attached hydrogen (secondary N) is 1. The Morgan fingerprint density at radius 1 is 1.26 bits per heavy atom. The van der Waals surface area contributed by atoms with Crippen molar-refractivity contribution in [2.24, 2.45) is 0 Å². The summed E-state index contributed by atoms with van der Waals surface area (Å²) >= 11 is 10.5. The Hall–Kier alpha value is -2.92. The molecule has 9 nitrogen and oxygen atoms in total. The largest absolute Gasteiger partial charge is 0.474 e. The number of furan rings is 1. The number of cyclic esters (lactones) is 1. The van der Waals surface area contributed by atoms with E-state index in [-0.39, 0.29) is 11.3 Å². The lowest BCUT2D eigenvalue weighted by atomic mass is 10.2. The van der Waals surface area contributed by atoms with E-state index >= 15 is 0 Å². The molecule has 11 heteroatoms. The molecule has 0 aliphatic carbocycles. The summed E-state index contributed by atoms with van der Waals surface area (Å²) in [6, 6.07) is 7.53. The number of aromatic nitrogens is 1. The fourth-order valence-electron chi connectivity index (χ4n) is 3.53. The van der Waals surface area contributed by atoms with E-state index in [9.17, 15) is 4.79 Å². The molecule has 31 heavy (non-hydrogen) atoms. The molecule has 2 fully saturated rings. The highest BCUT2D eigenvalue weighted by Gasteiger charge is 2.32. The molecule has 0 bridgehead atoms. The van der Waals surface area contributed by atoms with Crippen LogP contribution in [-0.2, 0) is 9.47 Å². The Morgan fingerprint density at radius 2 is 2.06 bits per heavy atom. The molecule has 2 aromatic heterocycles. The van der Waals surface area contributed by atoms with Crippen molar-refractivity contribution in [2.45, 2.75) is 6.10 Å².